The Morgan fingerprint density at radius 3 is 2.40 bits per heavy atom. The molecule has 0 saturated carbocycles. The Labute approximate surface area is 117 Å². The van der Waals surface area contributed by atoms with Gasteiger partial charge in [0.25, 0.3) is 0 Å². The van der Waals surface area contributed by atoms with Crippen molar-refractivity contribution >= 4 is 23.5 Å². The van der Waals surface area contributed by atoms with Crippen molar-refractivity contribution < 1.29 is 14.4 Å². The number of anilines is 1. The second-order valence-electron chi connectivity index (χ2n) is 4.53. The van der Waals surface area contributed by atoms with E-state index in [1.165, 1.54) is 0 Å². The molecule has 0 N–H and O–H groups in total. The van der Waals surface area contributed by atoms with Gasteiger partial charge in [-0.05, 0) is 32.4 Å². The maximum atomic E-state index is 12.2. The number of aryl methyl sites for hydroxylation is 2. The lowest BCUT2D eigenvalue weighted by Gasteiger charge is -2.16. The van der Waals surface area contributed by atoms with Crippen LogP contribution in [0.1, 0.15) is 18.1 Å². The molecule has 1 aromatic carbocycles. The topological polar surface area (TPSA) is 57.7 Å². The van der Waals surface area contributed by atoms with E-state index in [9.17, 15) is 14.4 Å². The van der Waals surface area contributed by atoms with Crippen LogP contribution in [0.15, 0.2) is 18.2 Å². The minimum absolute atomic E-state index is 0.0681. The van der Waals surface area contributed by atoms with Crippen molar-refractivity contribution in [1.82, 2.24) is 4.90 Å². The Hall–Kier alpha value is -2.61. The first kappa shape index (κ1) is 13.8. The summed E-state index contributed by atoms with van der Waals surface area (Å²) >= 11 is 0. The number of benzene rings is 1. The van der Waals surface area contributed by atoms with Gasteiger partial charge in [0.15, 0.2) is 0 Å². The molecule has 102 valence electrons. The number of carbonyl (C=O) groups excluding carboxylic acids is 3. The summed E-state index contributed by atoms with van der Waals surface area (Å²) in [6.45, 7) is 5.25. The highest BCUT2D eigenvalue weighted by atomic mass is 16.2. The molecule has 0 aliphatic carbocycles. The predicted molar refractivity (Wildman–Crippen MR) is 74.0 cm³/mol. The van der Waals surface area contributed by atoms with Gasteiger partial charge < -0.3 is 0 Å². The van der Waals surface area contributed by atoms with E-state index in [4.69, 9.17) is 0 Å². The van der Waals surface area contributed by atoms with E-state index in [0.29, 0.717) is 5.69 Å². The molecule has 1 aromatic rings. The Morgan fingerprint density at radius 2 is 1.80 bits per heavy atom. The van der Waals surface area contributed by atoms with Crippen LogP contribution >= 0.6 is 0 Å². The standard InChI is InChI=1S/C15H14N2O3/c1-4-5-8-16-13(18)14(19)17(15(16)20)12-7-6-10(2)9-11(12)3/h6-7,9H,8H2,1-3H3. The number of imide groups is 2. The van der Waals surface area contributed by atoms with Crippen LogP contribution in [0.2, 0.25) is 0 Å². The van der Waals surface area contributed by atoms with Crippen LogP contribution < -0.4 is 4.90 Å². The van der Waals surface area contributed by atoms with Crippen LogP contribution in [-0.4, -0.2) is 29.3 Å². The Balaban J connectivity index is 2.41. The zero-order valence-electron chi connectivity index (χ0n) is 11.6. The van der Waals surface area contributed by atoms with Crippen LogP contribution in [0.5, 0.6) is 0 Å². The zero-order chi connectivity index (χ0) is 14.9. The summed E-state index contributed by atoms with van der Waals surface area (Å²) in [6, 6.07) is 4.68. The summed E-state index contributed by atoms with van der Waals surface area (Å²) in [5.74, 6) is 3.55. The van der Waals surface area contributed by atoms with Crippen molar-refractivity contribution in [1.29, 1.82) is 0 Å². The molecule has 0 spiro atoms. The molecule has 20 heavy (non-hydrogen) atoms. The van der Waals surface area contributed by atoms with Crippen molar-refractivity contribution in [3.63, 3.8) is 0 Å². The number of carbonyl (C=O) groups is 3. The summed E-state index contributed by atoms with van der Waals surface area (Å²) in [5, 5.41) is 0. The quantitative estimate of drug-likeness (QED) is 0.466. The molecule has 1 saturated heterocycles. The van der Waals surface area contributed by atoms with Gasteiger partial charge in [-0.2, -0.15) is 0 Å². The summed E-state index contributed by atoms with van der Waals surface area (Å²) in [6.07, 6.45) is 0. The maximum Gasteiger partial charge on any atom is 0.339 e. The van der Waals surface area contributed by atoms with E-state index in [0.717, 1.165) is 20.9 Å². The van der Waals surface area contributed by atoms with E-state index in [2.05, 4.69) is 11.8 Å². The van der Waals surface area contributed by atoms with Crippen molar-refractivity contribution in [3.8, 4) is 11.8 Å². The summed E-state index contributed by atoms with van der Waals surface area (Å²) in [7, 11) is 0. The lowest BCUT2D eigenvalue weighted by molar-refractivity contribution is -0.139. The largest absolute Gasteiger partial charge is 0.339 e. The summed E-state index contributed by atoms with van der Waals surface area (Å²) in [5.41, 5.74) is 2.22. The van der Waals surface area contributed by atoms with Crippen LogP contribution in [0, 0.1) is 25.7 Å². The molecular weight excluding hydrogens is 256 g/mol. The normalized spacial score (nSPS) is 14.7. The zero-order valence-corrected chi connectivity index (χ0v) is 11.6. The van der Waals surface area contributed by atoms with Gasteiger partial charge in [0.2, 0.25) is 0 Å². The minimum atomic E-state index is -0.835. The molecule has 0 radical (unpaired) electrons. The van der Waals surface area contributed by atoms with E-state index < -0.39 is 17.8 Å². The third-order valence-corrected chi connectivity index (χ3v) is 3.06. The van der Waals surface area contributed by atoms with Gasteiger partial charge in [-0.25, -0.2) is 14.6 Å². The summed E-state index contributed by atoms with van der Waals surface area (Å²) < 4.78 is 0. The average molecular weight is 270 g/mol. The SMILES string of the molecule is CC#CCN1C(=O)C(=O)N(c2ccc(C)cc2C)C1=O. The van der Waals surface area contributed by atoms with Gasteiger partial charge in [0, 0.05) is 0 Å². The molecule has 2 rings (SSSR count). The van der Waals surface area contributed by atoms with Crippen LogP contribution in [0.3, 0.4) is 0 Å². The number of rotatable bonds is 2. The Bertz CT molecular complexity index is 667. The molecule has 0 atom stereocenters. The van der Waals surface area contributed by atoms with Crippen molar-refractivity contribution in [2.75, 3.05) is 11.4 Å². The number of hydrogen-bond acceptors (Lipinski definition) is 3. The second-order valence-corrected chi connectivity index (χ2v) is 4.53. The van der Waals surface area contributed by atoms with Crippen LogP contribution in [0.4, 0.5) is 10.5 Å². The van der Waals surface area contributed by atoms with E-state index in [1.54, 1.807) is 26.0 Å². The minimum Gasteiger partial charge on any atom is -0.263 e. The molecular formula is C15H14N2O3. The monoisotopic (exact) mass is 270 g/mol. The van der Waals surface area contributed by atoms with Gasteiger partial charge in [0.05, 0.1) is 12.2 Å². The highest BCUT2D eigenvalue weighted by Crippen LogP contribution is 2.26. The van der Waals surface area contributed by atoms with E-state index in [-0.39, 0.29) is 6.54 Å². The van der Waals surface area contributed by atoms with Crippen LogP contribution in [-0.2, 0) is 9.59 Å². The lowest BCUT2D eigenvalue weighted by Crippen LogP contribution is -2.34. The fourth-order valence-corrected chi connectivity index (χ4v) is 2.07. The molecule has 1 fully saturated rings. The second kappa shape index (κ2) is 5.17. The van der Waals surface area contributed by atoms with Crippen molar-refractivity contribution in [3.05, 3.63) is 29.3 Å². The molecule has 4 amide bonds. The molecule has 1 aliphatic rings. The first-order chi connectivity index (χ1) is 9.47. The van der Waals surface area contributed by atoms with E-state index >= 15 is 0 Å². The summed E-state index contributed by atoms with van der Waals surface area (Å²) in [4.78, 5) is 37.8. The van der Waals surface area contributed by atoms with Gasteiger partial charge >= 0.3 is 17.8 Å². The highest BCUT2D eigenvalue weighted by Gasteiger charge is 2.45. The van der Waals surface area contributed by atoms with Gasteiger partial charge in [0.1, 0.15) is 0 Å². The fourth-order valence-electron chi connectivity index (χ4n) is 2.07. The smallest absolute Gasteiger partial charge is 0.263 e. The van der Waals surface area contributed by atoms with Crippen molar-refractivity contribution in [2.45, 2.75) is 20.8 Å². The first-order valence-electron chi connectivity index (χ1n) is 6.14. The lowest BCUT2D eigenvalue weighted by atomic mass is 10.1. The Morgan fingerprint density at radius 1 is 1.10 bits per heavy atom. The number of hydrogen-bond donors (Lipinski definition) is 0. The van der Waals surface area contributed by atoms with Gasteiger partial charge in [-0.3, -0.25) is 9.59 Å². The third kappa shape index (κ3) is 2.16. The number of nitrogens with zero attached hydrogens (tertiary/aromatic N) is 2. The van der Waals surface area contributed by atoms with E-state index in [1.807, 2.05) is 13.0 Å². The fraction of sp³-hybridized carbons (Fsp3) is 0.267. The predicted octanol–water partition coefficient (Wildman–Crippen LogP) is 1.62. The number of amides is 4. The van der Waals surface area contributed by atoms with Gasteiger partial charge in [-0.1, -0.05) is 23.6 Å². The van der Waals surface area contributed by atoms with Gasteiger partial charge in [-0.15, -0.1) is 5.92 Å². The Kier molecular flexibility index (Phi) is 3.57. The van der Waals surface area contributed by atoms with Crippen LogP contribution in [0.25, 0.3) is 0 Å². The molecule has 1 heterocycles. The molecule has 5 heteroatoms. The molecule has 5 nitrogen and oxygen atoms in total. The third-order valence-electron chi connectivity index (χ3n) is 3.06. The molecule has 0 aromatic heterocycles. The van der Waals surface area contributed by atoms with Crippen molar-refractivity contribution in [2.24, 2.45) is 0 Å². The molecule has 0 unspecified atom stereocenters. The number of urea groups is 1. The maximum absolute atomic E-state index is 12.2. The highest BCUT2D eigenvalue weighted by molar-refractivity contribution is 6.52. The molecule has 1 aliphatic heterocycles. The first-order valence-corrected chi connectivity index (χ1v) is 6.14. The average Bonchev–Trinajstić information content (AvgIpc) is 2.60. The molecule has 0 bridgehead atoms.